The van der Waals surface area contributed by atoms with Gasteiger partial charge in [0, 0.05) is 0 Å². The molecule has 0 aromatic rings. The molecule has 94 valence electrons. The van der Waals surface area contributed by atoms with Gasteiger partial charge in [-0.15, -0.1) is 0 Å². The maximum atomic E-state index is 10.7. The molecule has 8 heteroatoms. The van der Waals surface area contributed by atoms with Gasteiger partial charge in [0.2, 0.25) is 0 Å². The summed E-state index contributed by atoms with van der Waals surface area (Å²) in [4.78, 5) is 10.7. The summed E-state index contributed by atoms with van der Waals surface area (Å²) >= 11 is 0. The molecule has 16 heavy (non-hydrogen) atoms. The van der Waals surface area contributed by atoms with Gasteiger partial charge >= 0.3 is 5.97 Å². The average molecular weight is 238 g/mol. The zero-order valence-electron chi connectivity index (χ0n) is 8.17. The summed E-state index contributed by atoms with van der Waals surface area (Å²) in [5, 5.41) is 54.6. The lowest BCUT2D eigenvalue weighted by molar-refractivity contribution is -0.247. The summed E-state index contributed by atoms with van der Waals surface area (Å²) in [6.07, 6.45) is -10.0. The SMILES string of the molecule is O=C(O)[C@@H]1OC([C@H](O)CO)[C@H](O)C(O)C1O. The van der Waals surface area contributed by atoms with Crippen LogP contribution in [-0.2, 0) is 9.53 Å². The van der Waals surface area contributed by atoms with Crippen molar-refractivity contribution in [2.45, 2.75) is 36.6 Å². The number of aliphatic hydroxyl groups is 5. The molecular formula is C8H14O8. The fourth-order valence-electron chi connectivity index (χ4n) is 1.53. The minimum atomic E-state index is -1.80. The Morgan fingerprint density at radius 3 is 2.19 bits per heavy atom. The minimum Gasteiger partial charge on any atom is -0.479 e. The topological polar surface area (TPSA) is 148 Å². The van der Waals surface area contributed by atoms with E-state index in [0.717, 1.165) is 0 Å². The van der Waals surface area contributed by atoms with E-state index in [1.165, 1.54) is 0 Å². The van der Waals surface area contributed by atoms with Crippen LogP contribution in [0.2, 0.25) is 0 Å². The summed E-state index contributed by atoms with van der Waals surface area (Å²) in [7, 11) is 0. The van der Waals surface area contributed by atoms with Crippen LogP contribution in [0.15, 0.2) is 0 Å². The van der Waals surface area contributed by atoms with Gasteiger partial charge in [0.1, 0.15) is 30.5 Å². The van der Waals surface area contributed by atoms with Crippen molar-refractivity contribution in [2.24, 2.45) is 0 Å². The van der Waals surface area contributed by atoms with Crippen LogP contribution >= 0.6 is 0 Å². The molecule has 0 saturated carbocycles. The first-order chi connectivity index (χ1) is 7.40. The highest BCUT2D eigenvalue weighted by atomic mass is 16.6. The highest BCUT2D eigenvalue weighted by Gasteiger charge is 2.48. The Kier molecular flexibility index (Phi) is 4.19. The number of carboxylic acid groups (broad SMARTS) is 1. The second-order valence-electron chi connectivity index (χ2n) is 3.58. The summed E-state index contributed by atoms with van der Waals surface area (Å²) in [6.45, 7) is -0.767. The monoisotopic (exact) mass is 238 g/mol. The van der Waals surface area contributed by atoms with Gasteiger partial charge in [0.25, 0.3) is 0 Å². The van der Waals surface area contributed by atoms with E-state index in [9.17, 15) is 25.2 Å². The van der Waals surface area contributed by atoms with E-state index < -0.39 is 49.2 Å². The van der Waals surface area contributed by atoms with E-state index in [1.54, 1.807) is 0 Å². The van der Waals surface area contributed by atoms with Gasteiger partial charge in [-0.1, -0.05) is 0 Å². The molecule has 0 radical (unpaired) electrons. The van der Waals surface area contributed by atoms with Gasteiger partial charge in [0.05, 0.1) is 6.61 Å². The maximum absolute atomic E-state index is 10.7. The number of carboxylic acids is 1. The molecule has 6 N–H and O–H groups in total. The van der Waals surface area contributed by atoms with E-state index in [0.29, 0.717) is 0 Å². The number of aliphatic hydroxyl groups excluding tert-OH is 5. The van der Waals surface area contributed by atoms with Gasteiger partial charge in [-0.2, -0.15) is 0 Å². The van der Waals surface area contributed by atoms with Gasteiger partial charge in [-0.25, -0.2) is 4.79 Å². The normalized spacial score (nSPS) is 41.7. The van der Waals surface area contributed by atoms with Gasteiger partial charge in [0.15, 0.2) is 6.10 Å². The first-order valence-corrected chi connectivity index (χ1v) is 4.61. The number of aliphatic carboxylic acids is 1. The predicted molar refractivity (Wildman–Crippen MR) is 47.4 cm³/mol. The fraction of sp³-hybridized carbons (Fsp3) is 0.875. The Balaban J connectivity index is 2.85. The Labute approximate surface area is 90.3 Å². The molecule has 0 aromatic carbocycles. The van der Waals surface area contributed by atoms with Crippen LogP contribution in [-0.4, -0.2) is 79.8 Å². The summed E-state index contributed by atoms with van der Waals surface area (Å²) in [5.74, 6) is -1.53. The molecule has 1 aliphatic rings. The van der Waals surface area contributed by atoms with Crippen molar-refractivity contribution in [2.75, 3.05) is 6.61 Å². The molecule has 8 nitrogen and oxygen atoms in total. The summed E-state index contributed by atoms with van der Waals surface area (Å²) in [5.41, 5.74) is 0. The molecule has 0 bridgehead atoms. The predicted octanol–water partition coefficient (Wildman–Crippen LogP) is -3.73. The maximum Gasteiger partial charge on any atom is 0.335 e. The third-order valence-corrected chi connectivity index (χ3v) is 2.46. The van der Waals surface area contributed by atoms with Crippen LogP contribution in [0.4, 0.5) is 0 Å². The van der Waals surface area contributed by atoms with Gasteiger partial charge in [-0.05, 0) is 0 Å². The number of rotatable bonds is 3. The van der Waals surface area contributed by atoms with Gasteiger partial charge in [-0.3, -0.25) is 0 Å². The molecule has 0 spiro atoms. The minimum absolute atomic E-state index is 0.767. The van der Waals surface area contributed by atoms with E-state index in [2.05, 4.69) is 0 Å². The Morgan fingerprint density at radius 1 is 1.19 bits per heavy atom. The molecule has 0 amide bonds. The molecule has 0 aliphatic carbocycles. The first kappa shape index (κ1) is 13.3. The van der Waals surface area contributed by atoms with Crippen LogP contribution < -0.4 is 0 Å². The van der Waals surface area contributed by atoms with Crippen LogP contribution in [0, 0.1) is 0 Å². The number of ether oxygens (including phenoxy) is 1. The zero-order chi connectivity index (χ0) is 12.5. The van der Waals surface area contributed by atoms with Crippen molar-refractivity contribution < 1.29 is 40.2 Å². The van der Waals surface area contributed by atoms with Crippen LogP contribution in [0.3, 0.4) is 0 Å². The van der Waals surface area contributed by atoms with Gasteiger partial charge < -0.3 is 35.4 Å². The van der Waals surface area contributed by atoms with Crippen molar-refractivity contribution in [1.29, 1.82) is 0 Å². The average Bonchev–Trinajstić information content (AvgIpc) is 2.25. The smallest absolute Gasteiger partial charge is 0.335 e. The molecule has 6 atom stereocenters. The molecule has 1 heterocycles. The molecule has 3 unspecified atom stereocenters. The largest absolute Gasteiger partial charge is 0.479 e. The van der Waals surface area contributed by atoms with Crippen LogP contribution in [0.1, 0.15) is 0 Å². The van der Waals surface area contributed by atoms with Crippen LogP contribution in [0.25, 0.3) is 0 Å². The van der Waals surface area contributed by atoms with Crippen molar-refractivity contribution >= 4 is 5.97 Å². The zero-order valence-corrected chi connectivity index (χ0v) is 8.17. The Bertz CT molecular complexity index is 256. The highest BCUT2D eigenvalue weighted by molar-refractivity contribution is 5.73. The van der Waals surface area contributed by atoms with Crippen molar-refractivity contribution in [3.8, 4) is 0 Å². The lowest BCUT2D eigenvalue weighted by atomic mass is 9.92. The highest BCUT2D eigenvalue weighted by Crippen LogP contribution is 2.23. The quantitative estimate of drug-likeness (QED) is 0.294. The number of hydrogen-bond donors (Lipinski definition) is 6. The lowest BCUT2D eigenvalue weighted by Crippen LogP contribution is -2.62. The van der Waals surface area contributed by atoms with Crippen molar-refractivity contribution in [1.82, 2.24) is 0 Å². The van der Waals surface area contributed by atoms with Crippen molar-refractivity contribution in [3.05, 3.63) is 0 Å². The molecule has 1 aliphatic heterocycles. The van der Waals surface area contributed by atoms with E-state index in [1.807, 2.05) is 0 Å². The molecule has 0 aromatic heterocycles. The third-order valence-electron chi connectivity index (χ3n) is 2.46. The van der Waals surface area contributed by atoms with E-state index in [4.69, 9.17) is 14.9 Å². The molecule has 1 fully saturated rings. The number of carbonyl (C=O) groups is 1. The second-order valence-corrected chi connectivity index (χ2v) is 3.58. The Hall–Kier alpha value is -0.770. The summed E-state index contributed by atoms with van der Waals surface area (Å²) in [6, 6.07) is 0. The fourth-order valence-corrected chi connectivity index (χ4v) is 1.53. The van der Waals surface area contributed by atoms with Crippen molar-refractivity contribution in [3.63, 3.8) is 0 Å². The van der Waals surface area contributed by atoms with E-state index >= 15 is 0 Å². The molecule has 1 rings (SSSR count). The van der Waals surface area contributed by atoms with Crippen LogP contribution in [0.5, 0.6) is 0 Å². The Morgan fingerprint density at radius 2 is 1.75 bits per heavy atom. The summed E-state index contributed by atoms with van der Waals surface area (Å²) < 4.78 is 4.73. The third kappa shape index (κ3) is 2.32. The first-order valence-electron chi connectivity index (χ1n) is 4.61. The second kappa shape index (κ2) is 5.04. The lowest BCUT2D eigenvalue weighted by Gasteiger charge is -2.40. The standard InChI is InChI=1S/C8H14O8/c9-1-2(10)6-4(12)3(11)5(13)7(16-6)8(14)15/h2-7,9-13H,1H2,(H,14,15)/t2-,3?,4-,5?,6?,7-/m1/s1. The molecule has 1 saturated heterocycles. The van der Waals surface area contributed by atoms with E-state index in [-0.39, 0.29) is 0 Å². The number of hydrogen-bond acceptors (Lipinski definition) is 7. The molecular weight excluding hydrogens is 224 g/mol.